The maximum atomic E-state index is 5.94. The number of alkyl halides is 1. The molecule has 1 aliphatic heterocycles. The summed E-state index contributed by atoms with van der Waals surface area (Å²) in [7, 11) is 0. The Bertz CT molecular complexity index is 615. The molecule has 3 heteroatoms. The van der Waals surface area contributed by atoms with Crippen LogP contribution in [0.1, 0.15) is 5.56 Å². The molecule has 2 aromatic rings. The molecular formula is C16H13ClN2. The molecule has 1 unspecified atom stereocenters. The first-order valence-electron chi connectivity index (χ1n) is 6.13. The zero-order valence-electron chi connectivity index (χ0n) is 10.3. The molecule has 0 amide bonds. The van der Waals surface area contributed by atoms with Crippen molar-refractivity contribution in [1.82, 2.24) is 5.32 Å². The van der Waals surface area contributed by atoms with Gasteiger partial charge in [0.2, 0.25) is 0 Å². The maximum absolute atomic E-state index is 5.94. The molecule has 0 aromatic heterocycles. The Balaban J connectivity index is 1.88. The van der Waals surface area contributed by atoms with Crippen LogP contribution in [0.25, 0.3) is 16.8 Å². The number of nitrogens with one attached hydrogen (secondary N) is 1. The normalized spacial score (nSPS) is 17.7. The monoisotopic (exact) mass is 268 g/mol. The van der Waals surface area contributed by atoms with Crippen LogP contribution in [0, 0.1) is 0 Å². The van der Waals surface area contributed by atoms with Gasteiger partial charge in [-0.05, 0) is 22.8 Å². The number of hydrogen-bond donors (Lipinski definition) is 1. The fourth-order valence-electron chi connectivity index (χ4n) is 2.06. The summed E-state index contributed by atoms with van der Waals surface area (Å²) < 4.78 is 0. The molecule has 0 aliphatic carbocycles. The van der Waals surface area contributed by atoms with Crippen LogP contribution in [0.2, 0.25) is 0 Å². The summed E-state index contributed by atoms with van der Waals surface area (Å²) in [6.07, 6.45) is 3.66. The van der Waals surface area contributed by atoms with E-state index in [4.69, 9.17) is 11.6 Å². The van der Waals surface area contributed by atoms with Crippen molar-refractivity contribution < 1.29 is 0 Å². The summed E-state index contributed by atoms with van der Waals surface area (Å²) in [4.78, 5) is 4.02. The number of halogens is 1. The van der Waals surface area contributed by atoms with E-state index in [2.05, 4.69) is 46.7 Å². The second-order valence-electron chi connectivity index (χ2n) is 4.30. The van der Waals surface area contributed by atoms with E-state index in [-0.39, 0.29) is 5.62 Å². The number of hydrogen-bond acceptors (Lipinski definition) is 2. The van der Waals surface area contributed by atoms with Gasteiger partial charge in [-0.25, -0.2) is 0 Å². The van der Waals surface area contributed by atoms with Crippen molar-refractivity contribution >= 4 is 23.5 Å². The molecule has 1 heterocycles. The van der Waals surface area contributed by atoms with Crippen molar-refractivity contribution in [3.8, 4) is 11.1 Å². The minimum Gasteiger partial charge on any atom is -0.351 e. The van der Waals surface area contributed by atoms with E-state index in [9.17, 15) is 0 Å². The van der Waals surface area contributed by atoms with E-state index in [0.29, 0.717) is 0 Å². The van der Waals surface area contributed by atoms with Crippen molar-refractivity contribution in [3.63, 3.8) is 0 Å². The van der Waals surface area contributed by atoms with Gasteiger partial charge in [0.05, 0.1) is 0 Å². The lowest BCUT2D eigenvalue weighted by molar-refractivity contribution is 0.823. The number of benzene rings is 2. The number of rotatable bonds is 2. The van der Waals surface area contributed by atoms with Crippen LogP contribution in [0.5, 0.6) is 0 Å². The first-order valence-corrected chi connectivity index (χ1v) is 6.56. The highest BCUT2D eigenvalue weighted by molar-refractivity contribution is 6.21. The molecular weight excluding hydrogens is 256 g/mol. The molecule has 2 aromatic carbocycles. The molecule has 1 aliphatic rings. The first-order chi connectivity index (χ1) is 9.33. The van der Waals surface area contributed by atoms with E-state index in [1.165, 1.54) is 11.1 Å². The van der Waals surface area contributed by atoms with Crippen LogP contribution in [-0.2, 0) is 0 Å². The third-order valence-corrected chi connectivity index (χ3v) is 3.26. The van der Waals surface area contributed by atoms with Gasteiger partial charge in [0.25, 0.3) is 0 Å². The van der Waals surface area contributed by atoms with E-state index >= 15 is 0 Å². The molecule has 3 rings (SSSR count). The Labute approximate surface area is 117 Å². The van der Waals surface area contributed by atoms with Gasteiger partial charge in [-0.3, -0.25) is 4.99 Å². The molecule has 1 atom stereocenters. The first kappa shape index (κ1) is 12.0. The summed E-state index contributed by atoms with van der Waals surface area (Å²) in [5.74, 6) is 0. The highest BCUT2D eigenvalue weighted by atomic mass is 35.5. The van der Waals surface area contributed by atoms with Gasteiger partial charge in [-0.1, -0.05) is 66.2 Å². The maximum Gasteiger partial charge on any atom is 0.195 e. The molecule has 0 radical (unpaired) electrons. The number of aliphatic imine (C=N–C) groups is 1. The van der Waals surface area contributed by atoms with Crippen molar-refractivity contribution in [1.29, 1.82) is 0 Å². The lowest BCUT2D eigenvalue weighted by atomic mass is 10.0. The standard InChI is InChI=1S/C16H13ClN2/c17-16-18-11-10-15(19-16)14-8-6-13(7-9-14)12-4-2-1-3-5-12/h1-11,16,19H. The molecule has 0 saturated carbocycles. The van der Waals surface area contributed by atoms with Crippen molar-refractivity contribution in [2.45, 2.75) is 5.62 Å². The van der Waals surface area contributed by atoms with E-state index in [1.807, 2.05) is 24.3 Å². The van der Waals surface area contributed by atoms with E-state index < -0.39 is 0 Å². The summed E-state index contributed by atoms with van der Waals surface area (Å²) in [5, 5.41) is 3.12. The summed E-state index contributed by atoms with van der Waals surface area (Å²) in [5.41, 5.74) is 4.15. The van der Waals surface area contributed by atoms with Crippen LogP contribution in [0.4, 0.5) is 0 Å². The molecule has 0 saturated heterocycles. The van der Waals surface area contributed by atoms with Crippen LogP contribution in [0.3, 0.4) is 0 Å². The number of nitrogens with zero attached hydrogens (tertiary/aromatic N) is 1. The van der Waals surface area contributed by atoms with Crippen LogP contribution >= 0.6 is 11.6 Å². The minimum absolute atomic E-state index is 0.381. The van der Waals surface area contributed by atoms with Crippen LogP contribution in [-0.4, -0.2) is 11.8 Å². The Morgan fingerprint density at radius 1 is 0.842 bits per heavy atom. The van der Waals surface area contributed by atoms with Gasteiger partial charge in [-0.15, -0.1) is 0 Å². The third kappa shape index (κ3) is 2.69. The third-order valence-electron chi connectivity index (χ3n) is 3.04. The van der Waals surface area contributed by atoms with Gasteiger partial charge >= 0.3 is 0 Å². The van der Waals surface area contributed by atoms with E-state index in [0.717, 1.165) is 11.3 Å². The van der Waals surface area contributed by atoms with Crippen LogP contribution in [0.15, 0.2) is 65.7 Å². The highest BCUT2D eigenvalue weighted by Gasteiger charge is 2.09. The van der Waals surface area contributed by atoms with Crippen molar-refractivity contribution in [3.05, 3.63) is 66.2 Å². The predicted octanol–water partition coefficient (Wildman–Crippen LogP) is 3.89. The predicted molar refractivity (Wildman–Crippen MR) is 81.1 cm³/mol. The molecule has 94 valence electrons. The smallest absolute Gasteiger partial charge is 0.195 e. The number of allylic oxidation sites excluding steroid dienone is 1. The summed E-state index contributed by atoms with van der Waals surface area (Å²) in [6, 6.07) is 18.7. The second kappa shape index (κ2) is 5.29. The topological polar surface area (TPSA) is 24.4 Å². The molecule has 0 spiro atoms. The average Bonchev–Trinajstić information content (AvgIpc) is 2.48. The molecule has 2 nitrogen and oxygen atoms in total. The molecule has 19 heavy (non-hydrogen) atoms. The van der Waals surface area contributed by atoms with Crippen molar-refractivity contribution in [2.24, 2.45) is 4.99 Å². The molecule has 0 fully saturated rings. The zero-order chi connectivity index (χ0) is 13.1. The average molecular weight is 269 g/mol. The summed E-state index contributed by atoms with van der Waals surface area (Å²) in [6.45, 7) is 0. The van der Waals surface area contributed by atoms with Gasteiger partial charge < -0.3 is 5.32 Å². The molecule has 0 bridgehead atoms. The molecule has 1 N–H and O–H groups in total. The lowest BCUT2D eigenvalue weighted by Crippen LogP contribution is -2.23. The Morgan fingerprint density at radius 3 is 2.16 bits per heavy atom. The van der Waals surface area contributed by atoms with Crippen LogP contribution < -0.4 is 5.32 Å². The highest BCUT2D eigenvalue weighted by Crippen LogP contribution is 2.22. The quantitative estimate of drug-likeness (QED) is 0.648. The fraction of sp³-hybridized carbons (Fsp3) is 0.0625. The van der Waals surface area contributed by atoms with Gasteiger partial charge in [-0.2, -0.15) is 0 Å². The van der Waals surface area contributed by atoms with Crippen molar-refractivity contribution in [2.75, 3.05) is 0 Å². The van der Waals surface area contributed by atoms with E-state index in [1.54, 1.807) is 6.21 Å². The zero-order valence-corrected chi connectivity index (χ0v) is 11.0. The fourth-order valence-corrected chi connectivity index (χ4v) is 2.24. The van der Waals surface area contributed by atoms with Gasteiger partial charge in [0.15, 0.2) is 5.62 Å². The minimum atomic E-state index is -0.381. The Hall–Kier alpha value is -2.06. The van der Waals surface area contributed by atoms with Gasteiger partial charge in [0.1, 0.15) is 0 Å². The largest absolute Gasteiger partial charge is 0.351 e. The van der Waals surface area contributed by atoms with Gasteiger partial charge in [0, 0.05) is 11.9 Å². The summed E-state index contributed by atoms with van der Waals surface area (Å²) >= 11 is 5.94. The Kier molecular flexibility index (Phi) is 3.34. The lowest BCUT2D eigenvalue weighted by Gasteiger charge is -2.16. The second-order valence-corrected chi connectivity index (χ2v) is 4.72. The Morgan fingerprint density at radius 2 is 1.47 bits per heavy atom. The SMILES string of the molecule is ClC1N=CC=C(c2ccc(-c3ccccc3)cc2)N1.